The van der Waals surface area contributed by atoms with Crippen LogP contribution in [0.15, 0.2) is 30.6 Å². The maximum Gasteiger partial charge on any atom is 0.159 e. The molecule has 194 valence electrons. The van der Waals surface area contributed by atoms with Crippen LogP contribution in [0.5, 0.6) is 0 Å². The number of hydrogen-bond donors (Lipinski definition) is 0. The van der Waals surface area contributed by atoms with Gasteiger partial charge in [-0.1, -0.05) is 103 Å². The average Bonchev–Trinajstić information content (AvgIpc) is 2.89. The number of rotatable bonds is 16. The molecule has 3 heteroatoms. The largest absolute Gasteiger partial charge is 0.236 e. The van der Waals surface area contributed by atoms with Gasteiger partial charge in [0.2, 0.25) is 0 Å². The second-order valence-electron chi connectivity index (χ2n) is 10.9. The smallest absolute Gasteiger partial charge is 0.159 e. The molecule has 0 spiro atoms. The van der Waals surface area contributed by atoms with Gasteiger partial charge >= 0.3 is 0 Å². The summed E-state index contributed by atoms with van der Waals surface area (Å²) >= 11 is 0. The van der Waals surface area contributed by atoms with E-state index in [4.69, 9.17) is 0 Å². The topological polar surface area (TPSA) is 25.8 Å². The lowest BCUT2D eigenvalue weighted by atomic mass is 9.77. The fourth-order valence-electron chi connectivity index (χ4n) is 5.68. The zero-order valence-electron chi connectivity index (χ0n) is 22.5. The maximum atomic E-state index is 14.7. The third kappa shape index (κ3) is 9.66. The van der Waals surface area contributed by atoms with Gasteiger partial charge in [0.15, 0.2) is 5.82 Å². The SMILES string of the molecule is CCCCCCCCc1ccc(-c2ncc(C3CCC(CCCCCCCC)CC3)cn2)cc1F. The Balaban J connectivity index is 1.41. The molecule has 1 aliphatic carbocycles. The summed E-state index contributed by atoms with van der Waals surface area (Å²) < 4.78 is 14.7. The monoisotopic (exact) mass is 480 g/mol. The summed E-state index contributed by atoms with van der Waals surface area (Å²) in [6.07, 6.45) is 27.1. The van der Waals surface area contributed by atoms with Gasteiger partial charge in [0.05, 0.1) is 0 Å². The first-order chi connectivity index (χ1) is 17.2. The molecule has 0 unspecified atom stereocenters. The highest BCUT2D eigenvalue weighted by Crippen LogP contribution is 2.37. The third-order valence-corrected chi connectivity index (χ3v) is 8.07. The quantitative estimate of drug-likeness (QED) is 0.223. The molecular formula is C32H49FN2. The Kier molecular flexibility index (Phi) is 12.8. The van der Waals surface area contributed by atoms with E-state index in [9.17, 15) is 4.39 Å². The van der Waals surface area contributed by atoms with Crippen LogP contribution in [0.1, 0.15) is 140 Å². The van der Waals surface area contributed by atoms with E-state index in [0.29, 0.717) is 11.7 Å². The zero-order chi connectivity index (χ0) is 24.7. The van der Waals surface area contributed by atoms with Crippen LogP contribution in [0.2, 0.25) is 0 Å². The van der Waals surface area contributed by atoms with Crippen molar-refractivity contribution in [3.05, 3.63) is 47.5 Å². The van der Waals surface area contributed by atoms with Crippen molar-refractivity contribution in [2.24, 2.45) is 5.92 Å². The molecular weight excluding hydrogens is 431 g/mol. The highest BCUT2D eigenvalue weighted by atomic mass is 19.1. The normalized spacial score (nSPS) is 18.1. The maximum absolute atomic E-state index is 14.7. The van der Waals surface area contributed by atoms with Crippen LogP contribution in [0.4, 0.5) is 4.39 Å². The van der Waals surface area contributed by atoms with Crippen molar-refractivity contribution in [2.45, 2.75) is 135 Å². The van der Waals surface area contributed by atoms with Gasteiger partial charge in [-0.25, -0.2) is 14.4 Å². The zero-order valence-corrected chi connectivity index (χ0v) is 22.5. The molecule has 2 aromatic rings. The van der Waals surface area contributed by atoms with Gasteiger partial charge in [-0.05, 0) is 67.6 Å². The fraction of sp³-hybridized carbons (Fsp3) is 0.688. The van der Waals surface area contributed by atoms with E-state index in [1.165, 1.54) is 108 Å². The fourth-order valence-corrected chi connectivity index (χ4v) is 5.68. The Morgan fingerprint density at radius 2 is 1.34 bits per heavy atom. The van der Waals surface area contributed by atoms with Crippen LogP contribution >= 0.6 is 0 Å². The van der Waals surface area contributed by atoms with Crippen molar-refractivity contribution in [1.29, 1.82) is 0 Å². The Morgan fingerprint density at radius 3 is 1.97 bits per heavy atom. The Hall–Kier alpha value is -1.77. The van der Waals surface area contributed by atoms with Crippen LogP contribution in [-0.2, 0) is 6.42 Å². The van der Waals surface area contributed by atoms with Crippen molar-refractivity contribution in [1.82, 2.24) is 9.97 Å². The number of hydrogen-bond acceptors (Lipinski definition) is 2. The molecule has 3 rings (SSSR count). The van der Waals surface area contributed by atoms with Crippen molar-refractivity contribution >= 4 is 0 Å². The Bertz CT molecular complexity index is 824. The summed E-state index contributed by atoms with van der Waals surface area (Å²) in [6.45, 7) is 4.52. The molecule has 1 aliphatic rings. The summed E-state index contributed by atoms with van der Waals surface area (Å²) in [6, 6.07) is 5.53. The summed E-state index contributed by atoms with van der Waals surface area (Å²) in [5, 5.41) is 0. The molecule has 0 aliphatic heterocycles. The van der Waals surface area contributed by atoms with E-state index in [2.05, 4.69) is 23.8 Å². The van der Waals surface area contributed by atoms with Gasteiger partial charge in [0, 0.05) is 18.0 Å². The number of aryl methyl sites for hydroxylation is 1. The van der Waals surface area contributed by atoms with E-state index in [0.717, 1.165) is 29.9 Å². The van der Waals surface area contributed by atoms with E-state index < -0.39 is 0 Å². The average molecular weight is 481 g/mol. The van der Waals surface area contributed by atoms with Gasteiger partial charge in [-0.15, -0.1) is 0 Å². The molecule has 0 N–H and O–H groups in total. The minimum absolute atomic E-state index is 0.118. The standard InChI is InChI=1S/C32H49FN2/c1-3-5-7-9-11-13-15-26-17-19-27(20-18-26)30-24-34-32(35-25-30)29-22-21-28(31(33)23-29)16-14-12-10-8-6-4-2/h21-27H,3-20H2,1-2H3. The first-order valence-electron chi connectivity index (χ1n) is 14.8. The number of nitrogens with zero attached hydrogens (tertiary/aromatic N) is 2. The lowest BCUT2D eigenvalue weighted by Crippen LogP contribution is -2.14. The second kappa shape index (κ2) is 16.1. The van der Waals surface area contributed by atoms with Crippen molar-refractivity contribution in [2.75, 3.05) is 0 Å². The molecule has 1 fully saturated rings. The minimum atomic E-state index is -0.118. The van der Waals surface area contributed by atoms with E-state index in [1.807, 2.05) is 24.5 Å². The van der Waals surface area contributed by atoms with Crippen LogP contribution in [0.3, 0.4) is 0 Å². The van der Waals surface area contributed by atoms with Crippen LogP contribution in [-0.4, -0.2) is 9.97 Å². The second-order valence-corrected chi connectivity index (χ2v) is 10.9. The first-order valence-corrected chi connectivity index (χ1v) is 14.8. The third-order valence-electron chi connectivity index (χ3n) is 8.07. The molecule has 1 heterocycles. The molecule has 0 saturated heterocycles. The van der Waals surface area contributed by atoms with E-state index in [1.54, 1.807) is 6.07 Å². The summed E-state index contributed by atoms with van der Waals surface area (Å²) in [5.41, 5.74) is 2.86. The van der Waals surface area contributed by atoms with Crippen LogP contribution in [0.25, 0.3) is 11.4 Å². The number of benzene rings is 1. The molecule has 2 nitrogen and oxygen atoms in total. The molecule has 0 radical (unpaired) electrons. The molecule has 1 aromatic heterocycles. The predicted molar refractivity (Wildman–Crippen MR) is 147 cm³/mol. The van der Waals surface area contributed by atoms with Gasteiger partial charge in [0.25, 0.3) is 0 Å². The summed E-state index contributed by atoms with van der Waals surface area (Å²) in [4.78, 5) is 9.25. The molecule has 35 heavy (non-hydrogen) atoms. The first kappa shape index (κ1) is 27.8. The summed E-state index contributed by atoms with van der Waals surface area (Å²) in [5.74, 6) is 2.01. The molecule has 0 atom stereocenters. The van der Waals surface area contributed by atoms with Crippen LogP contribution < -0.4 is 0 Å². The molecule has 1 aromatic carbocycles. The summed E-state index contributed by atoms with van der Waals surface area (Å²) in [7, 11) is 0. The van der Waals surface area contributed by atoms with Gasteiger partial charge < -0.3 is 0 Å². The minimum Gasteiger partial charge on any atom is -0.236 e. The van der Waals surface area contributed by atoms with Crippen molar-refractivity contribution in [3.63, 3.8) is 0 Å². The highest BCUT2D eigenvalue weighted by molar-refractivity contribution is 5.55. The highest BCUT2D eigenvalue weighted by Gasteiger charge is 2.22. The molecule has 0 bridgehead atoms. The van der Waals surface area contributed by atoms with Crippen molar-refractivity contribution < 1.29 is 4.39 Å². The number of unbranched alkanes of at least 4 members (excludes halogenated alkanes) is 10. The predicted octanol–water partition coefficient (Wildman–Crippen LogP) is 10.2. The van der Waals surface area contributed by atoms with Gasteiger partial charge in [-0.2, -0.15) is 0 Å². The van der Waals surface area contributed by atoms with Crippen LogP contribution in [0, 0.1) is 11.7 Å². The Morgan fingerprint density at radius 1 is 0.743 bits per heavy atom. The van der Waals surface area contributed by atoms with Gasteiger partial charge in [0.1, 0.15) is 5.82 Å². The molecule has 0 amide bonds. The molecule has 1 saturated carbocycles. The number of aromatic nitrogens is 2. The van der Waals surface area contributed by atoms with E-state index in [-0.39, 0.29) is 5.82 Å². The van der Waals surface area contributed by atoms with Crippen molar-refractivity contribution in [3.8, 4) is 11.4 Å². The van der Waals surface area contributed by atoms with E-state index >= 15 is 0 Å². The van der Waals surface area contributed by atoms with Gasteiger partial charge in [-0.3, -0.25) is 0 Å². The lowest BCUT2D eigenvalue weighted by Gasteiger charge is -2.28. The Labute approximate surface area is 214 Å². The lowest BCUT2D eigenvalue weighted by molar-refractivity contribution is 0.301. The number of halogens is 1.